The zero-order valence-electron chi connectivity index (χ0n) is 19.6. The van der Waals surface area contributed by atoms with Gasteiger partial charge in [0.25, 0.3) is 0 Å². The van der Waals surface area contributed by atoms with Gasteiger partial charge >= 0.3 is 0 Å². The van der Waals surface area contributed by atoms with E-state index < -0.39 is 6.10 Å². The summed E-state index contributed by atoms with van der Waals surface area (Å²) in [6.07, 6.45) is 5.23. The molecule has 2 N–H and O–H groups in total. The Balaban J connectivity index is 1.54. The van der Waals surface area contributed by atoms with E-state index in [0.717, 1.165) is 66.4 Å². The van der Waals surface area contributed by atoms with Crippen molar-refractivity contribution in [3.05, 3.63) is 64.3 Å². The molecule has 6 heteroatoms. The highest BCUT2D eigenvalue weighted by molar-refractivity contribution is 6.30. The maximum atomic E-state index is 11.6. The Hall–Kier alpha value is -2.36. The highest BCUT2D eigenvalue weighted by atomic mass is 35.5. The molecule has 3 atom stereocenters. The lowest BCUT2D eigenvalue weighted by atomic mass is 9.97. The molecule has 0 aliphatic carbocycles. The largest absolute Gasteiger partial charge is 0.393 e. The van der Waals surface area contributed by atoms with Gasteiger partial charge in [-0.15, -0.1) is 0 Å². The van der Waals surface area contributed by atoms with Crippen LogP contribution < -0.4 is 0 Å². The number of benzene rings is 2. The molecule has 2 aliphatic rings. The summed E-state index contributed by atoms with van der Waals surface area (Å²) in [6.45, 7) is 2.67. The number of nitriles is 1. The summed E-state index contributed by atoms with van der Waals surface area (Å²) in [5, 5.41) is 32.4. The summed E-state index contributed by atoms with van der Waals surface area (Å²) in [5.41, 5.74) is 5.28. The van der Waals surface area contributed by atoms with Crippen LogP contribution in [-0.4, -0.2) is 44.4 Å². The predicted octanol–water partition coefficient (Wildman–Crippen LogP) is 5.46. The monoisotopic (exact) mass is 477 g/mol. The lowest BCUT2D eigenvalue weighted by Crippen LogP contribution is -2.46. The fourth-order valence-electron chi connectivity index (χ4n) is 6.19. The molecule has 0 amide bonds. The van der Waals surface area contributed by atoms with Gasteiger partial charge in [0.2, 0.25) is 0 Å². The molecule has 3 unspecified atom stereocenters. The lowest BCUT2D eigenvalue weighted by Gasteiger charge is -2.38. The van der Waals surface area contributed by atoms with Crippen molar-refractivity contribution >= 4 is 22.5 Å². The molecule has 178 valence electrons. The first-order chi connectivity index (χ1) is 16.5. The van der Waals surface area contributed by atoms with E-state index in [1.54, 1.807) is 0 Å². The van der Waals surface area contributed by atoms with Crippen molar-refractivity contribution in [3.8, 4) is 11.8 Å². The van der Waals surface area contributed by atoms with E-state index in [1.165, 1.54) is 5.56 Å². The second kappa shape index (κ2) is 9.71. The number of piperidine rings is 1. The third-order valence-corrected chi connectivity index (χ3v) is 7.99. The van der Waals surface area contributed by atoms with Gasteiger partial charge in [-0.05, 0) is 81.3 Å². The summed E-state index contributed by atoms with van der Waals surface area (Å²) in [6, 6.07) is 17.2. The quantitative estimate of drug-likeness (QED) is 0.443. The van der Waals surface area contributed by atoms with Crippen LogP contribution in [0.4, 0.5) is 0 Å². The smallest absolute Gasteiger partial charge is 0.0940 e. The number of hydrogen-bond donors (Lipinski definition) is 2. The second-order valence-electron chi connectivity index (χ2n) is 9.90. The van der Waals surface area contributed by atoms with Gasteiger partial charge in [0.1, 0.15) is 0 Å². The lowest BCUT2D eigenvalue weighted by molar-refractivity contribution is 0.00814. The van der Waals surface area contributed by atoms with E-state index in [0.29, 0.717) is 30.1 Å². The topological polar surface area (TPSA) is 72.4 Å². The minimum atomic E-state index is -0.612. The molecule has 2 aliphatic heterocycles. The van der Waals surface area contributed by atoms with E-state index in [1.807, 2.05) is 24.3 Å². The maximum Gasteiger partial charge on any atom is 0.0940 e. The van der Waals surface area contributed by atoms with E-state index in [4.69, 9.17) is 16.9 Å². The average Bonchev–Trinajstić information content (AvgIpc) is 3.22. The molecule has 2 bridgehead atoms. The van der Waals surface area contributed by atoms with Crippen molar-refractivity contribution in [2.75, 3.05) is 6.54 Å². The Bertz CT molecular complexity index is 1200. The van der Waals surface area contributed by atoms with Crippen LogP contribution in [0, 0.1) is 18.3 Å². The van der Waals surface area contributed by atoms with Crippen LogP contribution in [0.15, 0.2) is 42.5 Å². The van der Waals surface area contributed by atoms with Crippen LogP contribution in [0.3, 0.4) is 0 Å². The van der Waals surface area contributed by atoms with Gasteiger partial charge in [0, 0.05) is 52.4 Å². The number of aliphatic hydroxyl groups excluding tert-OH is 2. The van der Waals surface area contributed by atoms with Crippen LogP contribution in [0.1, 0.15) is 61.4 Å². The van der Waals surface area contributed by atoms with Crippen molar-refractivity contribution in [1.82, 2.24) is 9.47 Å². The molecule has 3 heterocycles. The van der Waals surface area contributed by atoms with Crippen LogP contribution in [-0.2, 0) is 6.42 Å². The zero-order chi connectivity index (χ0) is 23.8. The molecule has 34 heavy (non-hydrogen) atoms. The van der Waals surface area contributed by atoms with Crippen molar-refractivity contribution in [1.29, 1.82) is 5.26 Å². The third kappa shape index (κ3) is 4.36. The van der Waals surface area contributed by atoms with E-state index in [2.05, 4.69) is 40.7 Å². The van der Waals surface area contributed by atoms with E-state index in [-0.39, 0.29) is 6.10 Å². The van der Waals surface area contributed by atoms with E-state index in [9.17, 15) is 10.2 Å². The first-order valence-electron chi connectivity index (χ1n) is 12.3. The number of rotatable bonds is 7. The Kier molecular flexibility index (Phi) is 6.68. The Labute approximate surface area is 206 Å². The summed E-state index contributed by atoms with van der Waals surface area (Å²) in [5.74, 6) is 0. The van der Waals surface area contributed by atoms with Gasteiger partial charge in [-0.25, -0.2) is 0 Å². The average molecular weight is 478 g/mol. The molecule has 0 saturated carbocycles. The fraction of sp³-hybridized carbons (Fsp3) is 0.464. The Morgan fingerprint density at radius 1 is 1.12 bits per heavy atom. The van der Waals surface area contributed by atoms with Crippen molar-refractivity contribution in [2.45, 2.75) is 76.2 Å². The molecule has 2 aromatic carbocycles. The normalized spacial score (nSPS) is 23.3. The molecule has 0 spiro atoms. The minimum Gasteiger partial charge on any atom is -0.393 e. The summed E-state index contributed by atoms with van der Waals surface area (Å²) in [7, 11) is 0. The highest BCUT2D eigenvalue weighted by Crippen LogP contribution is 2.39. The molecule has 5 nitrogen and oxygen atoms in total. The minimum absolute atomic E-state index is 0.209. The van der Waals surface area contributed by atoms with Crippen LogP contribution >= 0.6 is 11.6 Å². The van der Waals surface area contributed by atoms with Crippen LogP contribution in [0.2, 0.25) is 5.02 Å². The summed E-state index contributed by atoms with van der Waals surface area (Å²) >= 11 is 6.16. The van der Waals surface area contributed by atoms with Gasteiger partial charge in [-0.1, -0.05) is 23.7 Å². The molecule has 2 fully saturated rings. The Morgan fingerprint density at radius 3 is 2.50 bits per heavy atom. The van der Waals surface area contributed by atoms with Gasteiger partial charge in [0.05, 0.1) is 23.8 Å². The van der Waals surface area contributed by atoms with Crippen molar-refractivity contribution in [2.24, 2.45) is 0 Å². The van der Waals surface area contributed by atoms with Gasteiger partial charge < -0.3 is 14.8 Å². The maximum absolute atomic E-state index is 11.6. The van der Waals surface area contributed by atoms with Gasteiger partial charge in [-0.2, -0.15) is 5.26 Å². The van der Waals surface area contributed by atoms with Crippen LogP contribution in [0.25, 0.3) is 16.6 Å². The van der Waals surface area contributed by atoms with Crippen molar-refractivity contribution in [3.63, 3.8) is 0 Å². The summed E-state index contributed by atoms with van der Waals surface area (Å²) in [4.78, 5) is 2.43. The van der Waals surface area contributed by atoms with Gasteiger partial charge in [0.15, 0.2) is 0 Å². The molecule has 0 radical (unpaired) electrons. The standard InChI is InChI=1S/C28H32ClN3O2/c1-18-28(27(34)17-31-22-10-11-23(31)16-24(33)15-22)25-12-5-19(4-2-3-13-30)14-26(25)32(18)21-8-6-20(29)7-9-21/h5-9,12,14,22-24,27,33-34H,2-4,10-11,15-17H2,1H3. The number of nitrogens with zero attached hydrogens (tertiary/aromatic N) is 3. The molecule has 3 aromatic rings. The number of unbranched alkanes of at least 4 members (excludes halogenated alkanes) is 1. The SMILES string of the molecule is Cc1c(C(O)CN2C3CCC2CC(O)C3)c2ccc(CCCC#N)cc2n1-c1ccc(Cl)cc1. The number of aryl methyl sites for hydroxylation is 1. The molecule has 2 saturated heterocycles. The number of halogens is 1. The predicted molar refractivity (Wildman–Crippen MR) is 135 cm³/mol. The number of aliphatic hydroxyl groups is 2. The second-order valence-corrected chi connectivity index (χ2v) is 10.3. The first-order valence-corrected chi connectivity index (χ1v) is 12.7. The fourth-order valence-corrected chi connectivity index (χ4v) is 6.32. The molecular weight excluding hydrogens is 446 g/mol. The zero-order valence-corrected chi connectivity index (χ0v) is 20.4. The number of fused-ring (bicyclic) bond motifs is 3. The first kappa shape index (κ1) is 23.4. The van der Waals surface area contributed by atoms with Gasteiger partial charge in [-0.3, -0.25) is 4.90 Å². The number of hydrogen-bond acceptors (Lipinski definition) is 4. The van der Waals surface area contributed by atoms with Crippen molar-refractivity contribution < 1.29 is 10.2 Å². The number of aromatic nitrogens is 1. The molecular formula is C28H32ClN3O2. The highest BCUT2D eigenvalue weighted by Gasteiger charge is 2.41. The van der Waals surface area contributed by atoms with Crippen LogP contribution in [0.5, 0.6) is 0 Å². The summed E-state index contributed by atoms with van der Waals surface area (Å²) < 4.78 is 2.21. The molecule has 1 aromatic heterocycles. The van der Waals surface area contributed by atoms with E-state index >= 15 is 0 Å². The third-order valence-electron chi connectivity index (χ3n) is 7.73. The molecule has 5 rings (SSSR count). The Morgan fingerprint density at radius 2 is 1.82 bits per heavy atom.